The summed E-state index contributed by atoms with van der Waals surface area (Å²) in [5.74, 6) is -2.91. The lowest BCUT2D eigenvalue weighted by molar-refractivity contribution is -0.143. The van der Waals surface area contributed by atoms with Gasteiger partial charge in [-0.15, -0.1) is 0 Å². The number of carbonyl (C=O) groups is 1. The largest absolute Gasteiger partial charge is 0.416 e. The van der Waals surface area contributed by atoms with Gasteiger partial charge in [0.1, 0.15) is 15.9 Å². The Morgan fingerprint density at radius 2 is 1.65 bits per heavy atom. The van der Waals surface area contributed by atoms with Crippen molar-refractivity contribution in [2.24, 2.45) is 5.92 Å². The highest BCUT2D eigenvalue weighted by Crippen LogP contribution is 2.39. The van der Waals surface area contributed by atoms with Gasteiger partial charge in [0.25, 0.3) is 0 Å². The first kappa shape index (κ1) is 32.7. The smallest absolute Gasteiger partial charge is 0.341 e. The van der Waals surface area contributed by atoms with E-state index in [2.05, 4.69) is 4.98 Å². The molecule has 0 saturated carbocycles. The van der Waals surface area contributed by atoms with Crippen LogP contribution in [-0.4, -0.2) is 48.7 Å². The van der Waals surface area contributed by atoms with Crippen molar-refractivity contribution in [3.8, 4) is 0 Å². The molecule has 1 saturated heterocycles. The van der Waals surface area contributed by atoms with Gasteiger partial charge in [-0.3, -0.25) is 4.79 Å². The van der Waals surface area contributed by atoms with Gasteiger partial charge in [-0.25, -0.2) is 17.8 Å². The molecule has 2 heterocycles. The number of rotatable bonds is 6. The third kappa shape index (κ3) is 7.29. The first-order valence-corrected chi connectivity index (χ1v) is 14.6. The van der Waals surface area contributed by atoms with Gasteiger partial charge >= 0.3 is 12.4 Å². The van der Waals surface area contributed by atoms with Crippen molar-refractivity contribution in [1.29, 1.82) is 0 Å². The van der Waals surface area contributed by atoms with Crippen LogP contribution < -0.4 is 0 Å². The van der Waals surface area contributed by atoms with Crippen LogP contribution in [0.2, 0.25) is 5.15 Å². The Morgan fingerprint density at radius 1 is 1.02 bits per heavy atom. The fraction of sp³-hybridized carbons (Fsp3) is 0.357. The third-order valence-corrected chi connectivity index (χ3v) is 9.38. The van der Waals surface area contributed by atoms with Crippen LogP contribution in [0.25, 0.3) is 0 Å². The van der Waals surface area contributed by atoms with E-state index in [-0.39, 0.29) is 41.2 Å². The number of halogens is 8. The summed E-state index contributed by atoms with van der Waals surface area (Å²) in [6.45, 7) is 0.689. The predicted octanol–water partition coefficient (Wildman–Crippen LogP) is 6.67. The van der Waals surface area contributed by atoms with Crippen molar-refractivity contribution in [2.75, 3.05) is 20.1 Å². The van der Waals surface area contributed by atoms with Crippen molar-refractivity contribution in [3.63, 3.8) is 0 Å². The highest BCUT2D eigenvalue weighted by molar-refractivity contribution is 7.89. The monoisotopic (exact) mass is 651 g/mol. The number of alkyl halides is 6. The molecule has 4 rings (SSSR count). The van der Waals surface area contributed by atoms with Crippen LogP contribution >= 0.6 is 11.6 Å². The molecular weight excluding hydrogens is 627 g/mol. The van der Waals surface area contributed by atoms with Crippen molar-refractivity contribution in [2.45, 2.75) is 43.1 Å². The second-order valence-corrected chi connectivity index (χ2v) is 12.6. The van der Waals surface area contributed by atoms with E-state index >= 15 is 0 Å². The normalized spacial score (nSPS) is 18.5. The second kappa shape index (κ2) is 12.0. The molecule has 232 valence electrons. The number of hydrogen-bond donors (Lipinski definition) is 0. The molecule has 0 unspecified atom stereocenters. The molecule has 1 aliphatic heterocycles. The Labute approximate surface area is 248 Å². The van der Waals surface area contributed by atoms with Crippen LogP contribution in [-0.2, 0) is 33.7 Å². The molecule has 1 aromatic heterocycles. The van der Waals surface area contributed by atoms with Gasteiger partial charge in [0.05, 0.1) is 11.1 Å². The third-order valence-electron chi connectivity index (χ3n) is 7.31. The minimum Gasteiger partial charge on any atom is -0.341 e. The van der Waals surface area contributed by atoms with Gasteiger partial charge in [0, 0.05) is 44.7 Å². The Bertz CT molecular complexity index is 1580. The molecule has 0 radical (unpaired) electrons. The molecule has 0 aliphatic carbocycles. The van der Waals surface area contributed by atoms with Gasteiger partial charge in [-0.1, -0.05) is 17.7 Å². The molecule has 3 aromatic rings. The summed E-state index contributed by atoms with van der Waals surface area (Å²) in [4.78, 5) is 18.4. The molecule has 15 heteroatoms. The molecule has 1 aliphatic rings. The Morgan fingerprint density at radius 3 is 2.19 bits per heavy atom. The van der Waals surface area contributed by atoms with E-state index < -0.39 is 63.6 Å². The quantitative estimate of drug-likeness (QED) is 0.221. The van der Waals surface area contributed by atoms with E-state index in [0.717, 1.165) is 21.5 Å². The van der Waals surface area contributed by atoms with Crippen LogP contribution in [0.1, 0.15) is 40.2 Å². The zero-order valence-corrected chi connectivity index (χ0v) is 24.3. The van der Waals surface area contributed by atoms with Crippen molar-refractivity contribution in [1.82, 2.24) is 14.2 Å². The minimum absolute atomic E-state index is 0.00499. The lowest BCUT2D eigenvalue weighted by Crippen LogP contribution is -2.47. The molecule has 0 bridgehead atoms. The molecular formula is C28H25ClF7N3O3S. The molecule has 6 nitrogen and oxygen atoms in total. The van der Waals surface area contributed by atoms with E-state index in [4.69, 9.17) is 11.6 Å². The number of carbonyl (C=O) groups excluding carboxylic acids is 1. The number of nitrogens with zero attached hydrogens (tertiary/aromatic N) is 3. The SMILES string of the molecule is Cc1cc(F)ccc1[C@@H]1CN(S(=O)(=O)c2ccc(Cl)nc2)CC[C@H]1C(=O)N(C)Cc1cc(C(F)(F)F)cc(C(F)(F)F)c1. The highest BCUT2D eigenvalue weighted by Gasteiger charge is 2.42. The number of aromatic nitrogens is 1. The molecule has 1 fully saturated rings. The zero-order valence-electron chi connectivity index (χ0n) is 22.7. The van der Waals surface area contributed by atoms with E-state index in [9.17, 15) is 43.9 Å². The Hall–Kier alpha value is -3.23. The number of benzene rings is 2. The highest BCUT2D eigenvalue weighted by atomic mass is 35.5. The average Bonchev–Trinajstić information content (AvgIpc) is 2.91. The lowest BCUT2D eigenvalue weighted by Gasteiger charge is -2.39. The first-order chi connectivity index (χ1) is 19.9. The van der Waals surface area contributed by atoms with E-state index in [1.807, 2.05) is 0 Å². The topological polar surface area (TPSA) is 70.6 Å². The van der Waals surface area contributed by atoms with Gasteiger partial charge in [-0.05, 0) is 72.5 Å². The summed E-state index contributed by atoms with van der Waals surface area (Å²) >= 11 is 5.78. The fourth-order valence-electron chi connectivity index (χ4n) is 5.22. The maximum Gasteiger partial charge on any atom is 0.416 e. The lowest BCUT2D eigenvalue weighted by atomic mass is 9.79. The second-order valence-electron chi connectivity index (χ2n) is 10.3. The summed E-state index contributed by atoms with van der Waals surface area (Å²) in [7, 11) is -2.85. The van der Waals surface area contributed by atoms with Crippen molar-refractivity contribution >= 4 is 27.5 Å². The van der Waals surface area contributed by atoms with E-state index in [0.29, 0.717) is 23.3 Å². The van der Waals surface area contributed by atoms with Crippen molar-refractivity contribution in [3.05, 3.63) is 93.5 Å². The van der Waals surface area contributed by atoms with Crippen LogP contribution in [0.4, 0.5) is 30.7 Å². The molecule has 2 atom stereocenters. The van der Waals surface area contributed by atoms with Gasteiger partial charge in [-0.2, -0.15) is 30.6 Å². The fourth-order valence-corrected chi connectivity index (χ4v) is 6.75. The van der Waals surface area contributed by atoms with Crippen LogP contribution in [0.5, 0.6) is 0 Å². The van der Waals surface area contributed by atoms with Crippen LogP contribution in [0, 0.1) is 18.7 Å². The maximum atomic E-state index is 13.9. The van der Waals surface area contributed by atoms with Gasteiger partial charge in [0.15, 0.2) is 0 Å². The van der Waals surface area contributed by atoms with Crippen molar-refractivity contribution < 1.29 is 43.9 Å². The predicted molar refractivity (Wildman–Crippen MR) is 143 cm³/mol. The molecule has 0 spiro atoms. The standard InChI is InChI=1S/C28H25ClF7N3O3S/c1-16-9-20(30)3-5-22(16)24-15-39(43(41,42)21-4-6-25(29)37-13-21)8-7-23(24)26(40)38(2)14-17-10-18(27(31,32)33)12-19(11-17)28(34,35)36/h3-6,9-13,23-24H,7-8,14-15H2,1-2H3/t23-,24+/m1/s1. The number of amides is 1. The van der Waals surface area contributed by atoms with Crippen LogP contribution in [0.15, 0.2) is 59.6 Å². The summed E-state index contributed by atoms with van der Waals surface area (Å²) in [6.07, 6.45) is -9.05. The Balaban J connectivity index is 1.66. The van der Waals surface area contributed by atoms with E-state index in [1.165, 1.54) is 31.3 Å². The average molecular weight is 652 g/mol. The zero-order chi connectivity index (χ0) is 31.9. The summed E-state index contributed by atoms with van der Waals surface area (Å²) in [6, 6.07) is 7.50. The maximum absolute atomic E-state index is 13.9. The Kier molecular flexibility index (Phi) is 9.15. The summed E-state index contributed by atoms with van der Waals surface area (Å²) in [5, 5.41) is 0.0780. The molecule has 1 amide bonds. The number of sulfonamides is 1. The van der Waals surface area contributed by atoms with Gasteiger partial charge < -0.3 is 4.90 Å². The molecule has 0 N–H and O–H groups in total. The number of hydrogen-bond acceptors (Lipinski definition) is 4. The first-order valence-electron chi connectivity index (χ1n) is 12.8. The number of piperidine rings is 1. The number of aryl methyl sites for hydroxylation is 1. The number of pyridine rings is 1. The minimum atomic E-state index is -5.05. The van der Waals surface area contributed by atoms with Gasteiger partial charge in [0.2, 0.25) is 15.9 Å². The summed E-state index contributed by atoms with van der Waals surface area (Å²) < 4.78 is 122. The van der Waals surface area contributed by atoms with E-state index in [1.54, 1.807) is 6.92 Å². The molecule has 43 heavy (non-hydrogen) atoms. The summed E-state index contributed by atoms with van der Waals surface area (Å²) in [5.41, 5.74) is -2.49. The molecule has 2 aromatic carbocycles. The van der Waals surface area contributed by atoms with Crippen LogP contribution in [0.3, 0.4) is 0 Å².